The monoisotopic (exact) mass is 319 g/mol. The van der Waals surface area contributed by atoms with Gasteiger partial charge in [-0.2, -0.15) is 5.10 Å². The van der Waals surface area contributed by atoms with Crippen molar-refractivity contribution < 1.29 is 0 Å². The minimum absolute atomic E-state index is 0.417. The predicted octanol–water partition coefficient (Wildman–Crippen LogP) is 2.20. The van der Waals surface area contributed by atoms with Crippen LogP contribution in [0.4, 0.5) is 0 Å². The van der Waals surface area contributed by atoms with Gasteiger partial charge in [-0.1, -0.05) is 6.07 Å². The van der Waals surface area contributed by atoms with E-state index in [1.165, 1.54) is 0 Å². The fourth-order valence-electron chi connectivity index (χ4n) is 2.28. The molecule has 0 bridgehead atoms. The molecule has 2 aromatic heterocycles. The van der Waals surface area contributed by atoms with Crippen LogP contribution in [-0.4, -0.2) is 19.3 Å². The van der Waals surface area contributed by atoms with Gasteiger partial charge in [-0.25, -0.2) is 4.98 Å². The molecule has 98 valence electrons. The summed E-state index contributed by atoms with van der Waals surface area (Å²) in [6.07, 6.45) is 1.82. The SMILES string of the molecule is Cn1nc(CN)c(Br)c1-c1ccc2c(c1)ncn2C. The van der Waals surface area contributed by atoms with Gasteiger partial charge in [0.25, 0.3) is 0 Å². The minimum Gasteiger partial charge on any atom is -0.334 e. The zero-order chi connectivity index (χ0) is 13.6. The van der Waals surface area contributed by atoms with Crippen molar-refractivity contribution in [2.24, 2.45) is 19.8 Å². The molecular weight excluding hydrogens is 306 g/mol. The lowest BCUT2D eigenvalue weighted by atomic mass is 10.1. The average molecular weight is 320 g/mol. The number of aromatic nitrogens is 4. The molecule has 3 rings (SSSR count). The summed E-state index contributed by atoms with van der Waals surface area (Å²) in [4.78, 5) is 4.38. The Kier molecular flexibility index (Phi) is 2.91. The van der Waals surface area contributed by atoms with E-state index >= 15 is 0 Å². The molecular formula is C13H14BrN5. The molecule has 5 nitrogen and oxygen atoms in total. The number of hydrogen-bond donors (Lipinski definition) is 1. The number of nitrogens with two attached hydrogens (primary N) is 1. The molecule has 19 heavy (non-hydrogen) atoms. The van der Waals surface area contributed by atoms with Gasteiger partial charge in [0.15, 0.2) is 0 Å². The number of benzene rings is 1. The van der Waals surface area contributed by atoms with Crippen LogP contribution in [0.1, 0.15) is 5.69 Å². The molecule has 0 aliphatic carbocycles. The molecule has 0 spiro atoms. The summed E-state index contributed by atoms with van der Waals surface area (Å²) in [6, 6.07) is 6.21. The van der Waals surface area contributed by atoms with Crippen molar-refractivity contribution in [3.63, 3.8) is 0 Å². The maximum absolute atomic E-state index is 5.68. The Hall–Kier alpha value is -1.66. The lowest BCUT2D eigenvalue weighted by molar-refractivity contribution is 0.749. The lowest BCUT2D eigenvalue weighted by Gasteiger charge is -2.03. The normalized spacial score (nSPS) is 11.4. The van der Waals surface area contributed by atoms with Crippen molar-refractivity contribution in [3.05, 3.63) is 34.7 Å². The van der Waals surface area contributed by atoms with E-state index < -0.39 is 0 Å². The standard InChI is InChI=1S/C13H14BrN5/c1-18-7-16-9-5-8(3-4-11(9)18)13-12(14)10(6-15)17-19(13)2/h3-5,7H,6,15H2,1-2H3. The molecule has 0 aliphatic heterocycles. The molecule has 2 heterocycles. The third-order valence-corrected chi connectivity index (χ3v) is 4.08. The van der Waals surface area contributed by atoms with Gasteiger partial charge < -0.3 is 10.3 Å². The fourth-order valence-corrected chi connectivity index (χ4v) is 3.01. The van der Waals surface area contributed by atoms with Crippen molar-refractivity contribution in [1.29, 1.82) is 0 Å². The molecule has 0 fully saturated rings. The van der Waals surface area contributed by atoms with Crippen LogP contribution in [0.25, 0.3) is 22.3 Å². The number of nitrogens with zero attached hydrogens (tertiary/aromatic N) is 4. The van der Waals surface area contributed by atoms with Gasteiger partial charge in [-0.15, -0.1) is 0 Å². The second kappa shape index (κ2) is 4.47. The van der Waals surface area contributed by atoms with Gasteiger partial charge in [0.05, 0.1) is 33.2 Å². The molecule has 6 heteroatoms. The first-order chi connectivity index (χ1) is 9.11. The van der Waals surface area contributed by atoms with E-state index in [0.717, 1.165) is 32.5 Å². The van der Waals surface area contributed by atoms with Crippen molar-refractivity contribution in [1.82, 2.24) is 19.3 Å². The maximum atomic E-state index is 5.68. The Bertz CT molecular complexity index is 756. The number of hydrogen-bond acceptors (Lipinski definition) is 3. The summed E-state index contributed by atoms with van der Waals surface area (Å²) in [6.45, 7) is 0.417. The topological polar surface area (TPSA) is 61.7 Å². The van der Waals surface area contributed by atoms with Crippen molar-refractivity contribution >= 4 is 27.0 Å². The minimum atomic E-state index is 0.417. The Morgan fingerprint density at radius 2 is 2.11 bits per heavy atom. The number of halogens is 1. The number of fused-ring (bicyclic) bond motifs is 1. The number of aryl methyl sites for hydroxylation is 2. The third-order valence-electron chi connectivity index (χ3n) is 3.25. The van der Waals surface area contributed by atoms with Crippen LogP contribution in [0.15, 0.2) is 29.0 Å². The van der Waals surface area contributed by atoms with Crippen LogP contribution in [0.2, 0.25) is 0 Å². The van der Waals surface area contributed by atoms with Crippen molar-refractivity contribution in [2.45, 2.75) is 6.54 Å². The highest BCUT2D eigenvalue weighted by molar-refractivity contribution is 9.10. The van der Waals surface area contributed by atoms with E-state index in [0.29, 0.717) is 6.54 Å². The first-order valence-electron chi connectivity index (χ1n) is 5.94. The second-order valence-corrected chi connectivity index (χ2v) is 5.29. The van der Waals surface area contributed by atoms with Crippen LogP contribution in [0.3, 0.4) is 0 Å². The number of imidazole rings is 1. The van der Waals surface area contributed by atoms with Crippen LogP contribution in [0, 0.1) is 0 Å². The van der Waals surface area contributed by atoms with Crippen LogP contribution in [0.5, 0.6) is 0 Å². The fraction of sp³-hybridized carbons (Fsp3) is 0.231. The van der Waals surface area contributed by atoms with Gasteiger partial charge >= 0.3 is 0 Å². The van der Waals surface area contributed by atoms with E-state index in [2.05, 4.69) is 44.2 Å². The smallest absolute Gasteiger partial charge is 0.0955 e. The van der Waals surface area contributed by atoms with Crippen LogP contribution in [-0.2, 0) is 20.6 Å². The van der Waals surface area contributed by atoms with E-state index in [1.807, 2.05) is 29.7 Å². The van der Waals surface area contributed by atoms with Gasteiger partial charge in [0.2, 0.25) is 0 Å². The summed E-state index contributed by atoms with van der Waals surface area (Å²) in [5, 5.41) is 4.41. The van der Waals surface area contributed by atoms with E-state index in [-0.39, 0.29) is 0 Å². The van der Waals surface area contributed by atoms with Crippen molar-refractivity contribution in [3.8, 4) is 11.3 Å². The molecule has 0 aliphatic rings. The predicted molar refractivity (Wildman–Crippen MR) is 78.5 cm³/mol. The van der Waals surface area contributed by atoms with Gasteiger partial charge in [0.1, 0.15) is 0 Å². The summed E-state index contributed by atoms with van der Waals surface area (Å²) < 4.78 is 4.80. The second-order valence-electron chi connectivity index (χ2n) is 4.50. The van der Waals surface area contributed by atoms with Gasteiger partial charge in [0, 0.05) is 26.2 Å². The molecule has 2 N–H and O–H groups in total. The zero-order valence-corrected chi connectivity index (χ0v) is 12.3. The molecule has 1 aromatic carbocycles. The van der Waals surface area contributed by atoms with Gasteiger partial charge in [-0.05, 0) is 28.1 Å². The van der Waals surface area contributed by atoms with Crippen molar-refractivity contribution in [2.75, 3.05) is 0 Å². The molecule has 0 amide bonds. The van der Waals surface area contributed by atoms with E-state index in [4.69, 9.17) is 5.73 Å². The summed E-state index contributed by atoms with van der Waals surface area (Å²) >= 11 is 3.58. The Morgan fingerprint density at radius 1 is 1.32 bits per heavy atom. The molecule has 0 radical (unpaired) electrons. The highest BCUT2D eigenvalue weighted by Gasteiger charge is 2.15. The summed E-state index contributed by atoms with van der Waals surface area (Å²) in [7, 11) is 3.91. The van der Waals surface area contributed by atoms with Crippen LogP contribution < -0.4 is 5.73 Å². The largest absolute Gasteiger partial charge is 0.334 e. The average Bonchev–Trinajstić information content (AvgIpc) is 2.90. The third kappa shape index (κ3) is 1.87. The van der Waals surface area contributed by atoms with Crippen LogP contribution >= 0.6 is 15.9 Å². The lowest BCUT2D eigenvalue weighted by Crippen LogP contribution is -1.99. The van der Waals surface area contributed by atoms with E-state index in [1.54, 1.807) is 0 Å². The number of rotatable bonds is 2. The first-order valence-corrected chi connectivity index (χ1v) is 6.74. The summed E-state index contributed by atoms with van der Waals surface area (Å²) in [5.41, 5.74) is 10.7. The Labute approximate surface area is 119 Å². The molecule has 3 aromatic rings. The molecule has 0 saturated heterocycles. The summed E-state index contributed by atoms with van der Waals surface area (Å²) in [5.74, 6) is 0. The maximum Gasteiger partial charge on any atom is 0.0955 e. The zero-order valence-electron chi connectivity index (χ0n) is 10.8. The molecule has 0 atom stereocenters. The highest BCUT2D eigenvalue weighted by Crippen LogP contribution is 2.32. The highest BCUT2D eigenvalue weighted by atomic mass is 79.9. The first kappa shape index (κ1) is 12.4. The van der Waals surface area contributed by atoms with Gasteiger partial charge in [-0.3, -0.25) is 4.68 Å². The van der Waals surface area contributed by atoms with E-state index in [9.17, 15) is 0 Å². The Morgan fingerprint density at radius 3 is 2.79 bits per heavy atom. The Balaban J connectivity index is 2.21. The molecule has 0 saturated carbocycles. The molecule has 0 unspecified atom stereocenters. The quantitative estimate of drug-likeness (QED) is 0.787.